The number of unbranched alkanes of at least 4 members (excludes halogenated alkanes) is 1. The van der Waals surface area contributed by atoms with Crippen LogP contribution in [0.25, 0.3) is 0 Å². The number of carbonyl (C=O) groups is 2. The Bertz CT molecular complexity index is 567. The molecule has 1 aromatic carbocycles. The minimum absolute atomic E-state index is 0.120. The molecule has 0 aromatic heterocycles. The van der Waals surface area contributed by atoms with E-state index in [-0.39, 0.29) is 11.9 Å². The number of carbonyl (C=O) groups excluding carboxylic acids is 1. The zero-order valence-corrected chi connectivity index (χ0v) is 15.2. The van der Waals surface area contributed by atoms with Crippen molar-refractivity contribution in [3.05, 3.63) is 35.9 Å². The molecule has 1 aliphatic rings. The summed E-state index contributed by atoms with van der Waals surface area (Å²) in [5.74, 6) is -0.137. The summed E-state index contributed by atoms with van der Waals surface area (Å²) >= 11 is 0. The van der Waals surface area contributed by atoms with Crippen LogP contribution >= 0.6 is 0 Å². The number of carboxylic acid groups (broad SMARTS) is 1. The van der Waals surface area contributed by atoms with Gasteiger partial charge in [-0.1, -0.05) is 30.3 Å². The van der Waals surface area contributed by atoms with Crippen molar-refractivity contribution in [1.82, 2.24) is 15.5 Å². The predicted octanol–water partition coefficient (Wildman–Crippen LogP) is 1.18. The van der Waals surface area contributed by atoms with E-state index in [0.717, 1.165) is 44.3 Å². The van der Waals surface area contributed by atoms with Gasteiger partial charge in [0.05, 0.1) is 0 Å². The quantitative estimate of drug-likeness (QED) is 0.468. The van der Waals surface area contributed by atoms with Crippen LogP contribution in [0, 0.1) is 0 Å². The molecule has 7 nitrogen and oxygen atoms in total. The monoisotopic (exact) mass is 362 g/mol. The largest absolute Gasteiger partial charge is 0.465 e. The molecular formula is C19H30N4O3. The average Bonchev–Trinajstić information content (AvgIpc) is 3.09. The first-order chi connectivity index (χ1) is 12.6. The number of nitrogens with two attached hydrogens (primary N) is 1. The van der Waals surface area contributed by atoms with Gasteiger partial charge < -0.3 is 26.4 Å². The highest BCUT2D eigenvalue weighted by atomic mass is 16.4. The van der Waals surface area contributed by atoms with Crippen molar-refractivity contribution in [2.24, 2.45) is 5.73 Å². The SMILES string of the molecule is NCCCCNC[C@@H]1CCCN1C(=O)[C@@H](Cc1ccccc1)NC(=O)O. The van der Waals surface area contributed by atoms with Crippen LogP contribution in [-0.2, 0) is 11.2 Å². The smallest absolute Gasteiger partial charge is 0.405 e. The molecule has 0 saturated carbocycles. The summed E-state index contributed by atoms with van der Waals surface area (Å²) in [5, 5.41) is 14.9. The van der Waals surface area contributed by atoms with Crippen molar-refractivity contribution in [3.8, 4) is 0 Å². The van der Waals surface area contributed by atoms with Crippen LogP contribution in [0.4, 0.5) is 4.79 Å². The van der Waals surface area contributed by atoms with Gasteiger partial charge >= 0.3 is 6.09 Å². The van der Waals surface area contributed by atoms with Gasteiger partial charge in [-0.25, -0.2) is 4.79 Å². The zero-order chi connectivity index (χ0) is 18.8. The minimum atomic E-state index is -1.17. The van der Waals surface area contributed by atoms with Gasteiger partial charge in [0.25, 0.3) is 0 Å². The maximum absolute atomic E-state index is 13.0. The Morgan fingerprint density at radius 2 is 2.04 bits per heavy atom. The Balaban J connectivity index is 1.95. The maximum Gasteiger partial charge on any atom is 0.405 e. The highest BCUT2D eigenvalue weighted by Gasteiger charge is 2.33. The van der Waals surface area contributed by atoms with E-state index >= 15 is 0 Å². The molecule has 1 saturated heterocycles. The van der Waals surface area contributed by atoms with Gasteiger partial charge in [0.2, 0.25) is 5.91 Å². The fraction of sp³-hybridized carbons (Fsp3) is 0.579. The molecule has 5 N–H and O–H groups in total. The molecule has 1 heterocycles. The van der Waals surface area contributed by atoms with Crippen molar-refractivity contribution < 1.29 is 14.7 Å². The number of rotatable bonds is 10. The molecule has 1 aliphatic heterocycles. The summed E-state index contributed by atoms with van der Waals surface area (Å²) in [7, 11) is 0. The first kappa shape index (κ1) is 20.2. The number of nitrogens with zero attached hydrogens (tertiary/aromatic N) is 1. The molecule has 144 valence electrons. The summed E-state index contributed by atoms with van der Waals surface area (Å²) in [6.45, 7) is 3.00. The highest BCUT2D eigenvalue weighted by Crippen LogP contribution is 2.19. The van der Waals surface area contributed by atoms with E-state index in [1.807, 2.05) is 35.2 Å². The van der Waals surface area contributed by atoms with Gasteiger partial charge in [-0.15, -0.1) is 0 Å². The standard InChI is InChI=1S/C19H30N4O3/c20-10-4-5-11-21-14-16-9-6-12-23(16)18(24)17(22-19(25)26)13-15-7-2-1-3-8-15/h1-3,7-8,16-17,21-22H,4-6,9-14,20H2,(H,25,26)/t16-,17+/m0/s1. The van der Waals surface area contributed by atoms with Crippen molar-refractivity contribution >= 4 is 12.0 Å². The Morgan fingerprint density at radius 1 is 1.27 bits per heavy atom. The fourth-order valence-corrected chi connectivity index (χ4v) is 3.40. The summed E-state index contributed by atoms with van der Waals surface area (Å²) in [6.07, 6.45) is 3.09. The van der Waals surface area contributed by atoms with Crippen LogP contribution in [0.15, 0.2) is 30.3 Å². The molecule has 0 spiro atoms. The molecular weight excluding hydrogens is 332 g/mol. The van der Waals surface area contributed by atoms with E-state index in [2.05, 4.69) is 10.6 Å². The van der Waals surface area contributed by atoms with Crippen LogP contribution < -0.4 is 16.4 Å². The number of hydrogen-bond acceptors (Lipinski definition) is 4. The molecule has 2 atom stereocenters. The maximum atomic E-state index is 13.0. The van der Waals surface area contributed by atoms with Gasteiger partial charge in [0.1, 0.15) is 6.04 Å². The van der Waals surface area contributed by atoms with Gasteiger partial charge in [0.15, 0.2) is 0 Å². The molecule has 2 rings (SSSR count). The first-order valence-electron chi connectivity index (χ1n) is 9.36. The molecule has 0 radical (unpaired) electrons. The summed E-state index contributed by atoms with van der Waals surface area (Å²) in [4.78, 5) is 26.0. The molecule has 26 heavy (non-hydrogen) atoms. The lowest BCUT2D eigenvalue weighted by Gasteiger charge is -2.29. The lowest BCUT2D eigenvalue weighted by Crippen LogP contribution is -2.52. The molecule has 7 heteroatoms. The first-order valence-corrected chi connectivity index (χ1v) is 9.36. The van der Waals surface area contributed by atoms with Crippen LogP contribution in [-0.4, -0.2) is 60.3 Å². The second-order valence-electron chi connectivity index (χ2n) is 6.72. The highest BCUT2D eigenvalue weighted by molar-refractivity contribution is 5.86. The molecule has 1 fully saturated rings. The van der Waals surface area contributed by atoms with E-state index in [9.17, 15) is 9.59 Å². The van der Waals surface area contributed by atoms with Crippen LogP contribution in [0.2, 0.25) is 0 Å². The van der Waals surface area contributed by atoms with Crippen molar-refractivity contribution in [3.63, 3.8) is 0 Å². The van der Waals surface area contributed by atoms with Gasteiger partial charge in [0, 0.05) is 25.6 Å². The average molecular weight is 362 g/mol. The van der Waals surface area contributed by atoms with Crippen molar-refractivity contribution in [2.45, 2.75) is 44.2 Å². The van der Waals surface area contributed by atoms with E-state index < -0.39 is 12.1 Å². The topological polar surface area (TPSA) is 108 Å². The summed E-state index contributed by atoms with van der Waals surface area (Å²) < 4.78 is 0. The van der Waals surface area contributed by atoms with Crippen molar-refractivity contribution in [1.29, 1.82) is 0 Å². The second-order valence-corrected chi connectivity index (χ2v) is 6.72. The number of hydrogen-bond donors (Lipinski definition) is 4. The van der Waals surface area contributed by atoms with Crippen LogP contribution in [0.3, 0.4) is 0 Å². The third-order valence-corrected chi connectivity index (χ3v) is 4.73. The summed E-state index contributed by atoms with van der Waals surface area (Å²) in [5.41, 5.74) is 6.44. The van der Waals surface area contributed by atoms with E-state index in [4.69, 9.17) is 10.8 Å². The third kappa shape index (κ3) is 6.31. The molecule has 0 bridgehead atoms. The van der Waals surface area contributed by atoms with Crippen LogP contribution in [0.1, 0.15) is 31.2 Å². The number of benzene rings is 1. The Labute approximate surface area is 154 Å². The Hall–Kier alpha value is -2.12. The van der Waals surface area contributed by atoms with E-state index in [1.54, 1.807) is 0 Å². The Kier molecular flexibility index (Phi) is 8.37. The Morgan fingerprint density at radius 3 is 2.73 bits per heavy atom. The fourth-order valence-electron chi connectivity index (χ4n) is 3.40. The van der Waals surface area contributed by atoms with E-state index in [1.165, 1.54) is 0 Å². The predicted molar refractivity (Wildman–Crippen MR) is 101 cm³/mol. The second kappa shape index (κ2) is 10.8. The molecule has 0 aliphatic carbocycles. The van der Waals surface area contributed by atoms with Gasteiger partial charge in [-0.05, 0) is 44.3 Å². The minimum Gasteiger partial charge on any atom is -0.465 e. The molecule has 2 amide bonds. The normalized spacial score (nSPS) is 17.9. The lowest BCUT2D eigenvalue weighted by atomic mass is 10.0. The number of nitrogens with one attached hydrogen (secondary N) is 2. The van der Waals surface area contributed by atoms with Crippen molar-refractivity contribution in [2.75, 3.05) is 26.2 Å². The molecule has 0 unspecified atom stereocenters. The lowest BCUT2D eigenvalue weighted by molar-refractivity contribution is -0.134. The number of amides is 2. The van der Waals surface area contributed by atoms with E-state index in [0.29, 0.717) is 19.5 Å². The van der Waals surface area contributed by atoms with Gasteiger partial charge in [-0.3, -0.25) is 4.79 Å². The third-order valence-electron chi connectivity index (χ3n) is 4.73. The van der Waals surface area contributed by atoms with Gasteiger partial charge in [-0.2, -0.15) is 0 Å². The summed E-state index contributed by atoms with van der Waals surface area (Å²) in [6, 6.07) is 8.86. The zero-order valence-electron chi connectivity index (χ0n) is 15.2. The molecule has 1 aromatic rings. The van der Waals surface area contributed by atoms with Crippen LogP contribution in [0.5, 0.6) is 0 Å². The number of likely N-dealkylation sites (tertiary alicyclic amines) is 1.